The number of hydrogen-bond donors (Lipinski definition) is 2. The Morgan fingerprint density at radius 2 is 1.95 bits per heavy atom. The number of rotatable bonds is 6. The summed E-state index contributed by atoms with van der Waals surface area (Å²) in [6.45, 7) is 1.52. The van der Waals surface area contributed by atoms with Crippen LogP contribution in [0.5, 0.6) is 0 Å². The van der Waals surface area contributed by atoms with E-state index in [1.807, 2.05) is 11.8 Å². The van der Waals surface area contributed by atoms with Gasteiger partial charge >= 0.3 is 0 Å². The fourth-order valence-electron chi connectivity index (χ4n) is 1.46. The van der Waals surface area contributed by atoms with Crippen LogP contribution in [0.4, 0.5) is 8.78 Å². The van der Waals surface area contributed by atoms with Crippen molar-refractivity contribution in [1.29, 1.82) is 0 Å². The molecule has 0 fully saturated rings. The third kappa shape index (κ3) is 3.72. The van der Waals surface area contributed by atoms with E-state index in [4.69, 9.17) is 5.73 Å². The van der Waals surface area contributed by atoms with Gasteiger partial charge in [-0.1, -0.05) is 0 Å². The number of benzene rings is 1. The minimum atomic E-state index is -4.04. The van der Waals surface area contributed by atoms with Crippen LogP contribution in [-0.4, -0.2) is 40.0 Å². The lowest BCUT2D eigenvalue weighted by molar-refractivity contribution is 0.313. The van der Waals surface area contributed by atoms with E-state index >= 15 is 0 Å². The van der Waals surface area contributed by atoms with Crippen molar-refractivity contribution in [3.05, 3.63) is 29.3 Å². The molecule has 0 aromatic heterocycles. The van der Waals surface area contributed by atoms with Crippen molar-refractivity contribution in [3.8, 4) is 0 Å². The molecule has 114 valence electrons. The summed E-state index contributed by atoms with van der Waals surface area (Å²) in [4.78, 5) is 1.22. The zero-order chi connectivity index (χ0) is 15.5. The van der Waals surface area contributed by atoms with Gasteiger partial charge < -0.3 is 10.6 Å². The molecule has 0 aliphatic carbocycles. The maximum atomic E-state index is 14.0. The number of hydrogen-bond acceptors (Lipinski definition) is 4. The summed E-state index contributed by atoms with van der Waals surface area (Å²) in [5.41, 5.74) is 4.79. The summed E-state index contributed by atoms with van der Waals surface area (Å²) < 4.78 is 53.6. The first-order valence-corrected chi connectivity index (χ1v) is 7.52. The van der Waals surface area contributed by atoms with Crippen LogP contribution in [-0.2, 0) is 16.6 Å². The highest BCUT2D eigenvalue weighted by Gasteiger charge is 2.23. The highest BCUT2D eigenvalue weighted by molar-refractivity contribution is 7.89. The van der Waals surface area contributed by atoms with Crippen molar-refractivity contribution in [1.82, 2.24) is 9.62 Å². The van der Waals surface area contributed by atoms with Crippen LogP contribution in [0.15, 0.2) is 17.0 Å². The van der Waals surface area contributed by atoms with Crippen molar-refractivity contribution >= 4 is 10.0 Å². The number of halogens is 2. The monoisotopic (exact) mass is 307 g/mol. The first-order chi connectivity index (χ1) is 9.20. The molecule has 3 N–H and O–H groups in total. The largest absolute Gasteiger partial charge is 0.326 e. The third-order valence-corrected chi connectivity index (χ3v) is 4.54. The molecular weight excluding hydrogens is 288 g/mol. The van der Waals surface area contributed by atoms with Crippen LogP contribution < -0.4 is 10.5 Å². The van der Waals surface area contributed by atoms with Crippen molar-refractivity contribution in [2.45, 2.75) is 24.4 Å². The zero-order valence-electron chi connectivity index (χ0n) is 11.7. The lowest BCUT2D eigenvalue weighted by Gasteiger charge is -2.20. The van der Waals surface area contributed by atoms with Crippen LogP contribution in [0.1, 0.15) is 12.5 Å². The van der Waals surface area contributed by atoms with Gasteiger partial charge in [-0.25, -0.2) is 21.9 Å². The van der Waals surface area contributed by atoms with Gasteiger partial charge in [0.1, 0.15) is 10.7 Å². The van der Waals surface area contributed by atoms with E-state index in [1.165, 1.54) is 0 Å². The molecule has 1 aromatic rings. The molecule has 0 radical (unpaired) electrons. The SMILES string of the molecule is CC(CNS(=O)(=O)c1ccc(F)c(CN)c1F)N(C)C. The van der Waals surface area contributed by atoms with Gasteiger partial charge in [-0.05, 0) is 33.2 Å². The van der Waals surface area contributed by atoms with Crippen molar-refractivity contribution < 1.29 is 17.2 Å². The van der Waals surface area contributed by atoms with E-state index in [2.05, 4.69) is 4.72 Å². The molecule has 0 spiro atoms. The van der Waals surface area contributed by atoms with Crippen LogP contribution in [0.2, 0.25) is 0 Å². The molecule has 0 saturated carbocycles. The number of likely N-dealkylation sites (N-methyl/N-ethyl adjacent to an activating group) is 1. The van der Waals surface area contributed by atoms with Gasteiger partial charge in [0.2, 0.25) is 10.0 Å². The normalized spacial score (nSPS) is 13.8. The predicted molar refractivity (Wildman–Crippen MR) is 72.6 cm³/mol. The van der Waals surface area contributed by atoms with Crippen LogP contribution >= 0.6 is 0 Å². The van der Waals surface area contributed by atoms with E-state index in [1.54, 1.807) is 14.1 Å². The maximum Gasteiger partial charge on any atom is 0.243 e. The van der Waals surface area contributed by atoms with Gasteiger partial charge in [-0.2, -0.15) is 0 Å². The first kappa shape index (κ1) is 17.0. The lowest BCUT2D eigenvalue weighted by atomic mass is 10.2. The van der Waals surface area contributed by atoms with E-state index in [9.17, 15) is 17.2 Å². The van der Waals surface area contributed by atoms with Crippen LogP contribution in [0.3, 0.4) is 0 Å². The molecule has 0 heterocycles. The Morgan fingerprint density at radius 3 is 2.45 bits per heavy atom. The molecule has 20 heavy (non-hydrogen) atoms. The predicted octanol–water partition coefficient (Wildman–Crippen LogP) is 0.652. The van der Waals surface area contributed by atoms with Crippen molar-refractivity contribution in [2.24, 2.45) is 5.73 Å². The van der Waals surface area contributed by atoms with Crippen molar-refractivity contribution in [3.63, 3.8) is 0 Å². The van der Waals surface area contributed by atoms with Crippen LogP contribution in [0.25, 0.3) is 0 Å². The summed E-state index contributed by atoms with van der Waals surface area (Å²) in [5, 5.41) is 0. The Labute approximate surface area is 117 Å². The minimum absolute atomic E-state index is 0.0673. The number of sulfonamides is 1. The topological polar surface area (TPSA) is 75.4 Å². The Morgan fingerprint density at radius 1 is 1.35 bits per heavy atom. The fourth-order valence-corrected chi connectivity index (χ4v) is 2.68. The lowest BCUT2D eigenvalue weighted by Crippen LogP contribution is -2.38. The van der Waals surface area contributed by atoms with E-state index in [0.29, 0.717) is 0 Å². The summed E-state index contributed by atoms with van der Waals surface area (Å²) in [6, 6.07) is 1.73. The van der Waals surface area contributed by atoms with E-state index in [0.717, 1.165) is 12.1 Å². The smallest absolute Gasteiger partial charge is 0.243 e. The number of nitrogens with two attached hydrogens (primary N) is 1. The fraction of sp³-hybridized carbons (Fsp3) is 0.500. The third-order valence-electron chi connectivity index (χ3n) is 3.09. The molecule has 1 atom stereocenters. The zero-order valence-corrected chi connectivity index (χ0v) is 12.5. The quantitative estimate of drug-likeness (QED) is 0.809. The van der Waals surface area contributed by atoms with Gasteiger partial charge in [0, 0.05) is 24.7 Å². The average Bonchev–Trinajstić information content (AvgIpc) is 2.36. The van der Waals surface area contributed by atoms with Gasteiger partial charge in [0.25, 0.3) is 0 Å². The Bertz CT molecular complexity index is 576. The van der Waals surface area contributed by atoms with Gasteiger partial charge in [0.15, 0.2) is 5.82 Å². The summed E-state index contributed by atoms with van der Waals surface area (Å²) in [7, 11) is -0.452. The Kier molecular flexibility index (Phi) is 5.58. The second kappa shape index (κ2) is 6.57. The van der Waals surface area contributed by atoms with Gasteiger partial charge in [0.05, 0.1) is 0 Å². The molecule has 5 nitrogen and oxygen atoms in total. The standard InChI is InChI=1S/C12H19F2N3O2S/c1-8(17(2)3)7-16-20(18,19)11-5-4-10(13)9(6-15)12(11)14/h4-5,8,16H,6-7,15H2,1-3H3. The highest BCUT2D eigenvalue weighted by Crippen LogP contribution is 2.20. The Hall–Kier alpha value is -1.09. The molecular formula is C12H19F2N3O2S. The Balaban J connectivity index is 3.05. The minimum Gasteiger partial charge on any atom is -0.326 e. The molecule has 0 aliphatic rings. The molecule has 1 unspecified atom stereocenters. The molecule has 0 aliphatic heterocycles. The average molecular weight is 307 g/mol. The summed E-state index contributed by atoms with van der Waals surface area (Å²) in [5.74, 6) is -2.00. The molecule has 8 heteroatoms. The van der Waals surface area contributed by atoms with Gasteiger partial charge in [-0.15, -0.1) is 0 Å². The number of nitrogens with zero attached hydrogens (tertiary/aromatic N) is 1. The second-order valence-electron chi connectivity index (χ2n) is 4.71. The summed E-state index contributed by atoms with van der Waals surface area (Å²) >= 11 is 0. The number of nitrogens with one attached hydrogen (secondary N) is 1. The first-order valence-electron chi connectivity index (χ1n) is 6.03. The van der Waals surface area contributed by atoms with E-state index < -0.39 is 38.7 Å². The maximum absolute atomic E-state index is 14.0. The van der Waals surface area contributed by atoms with E-state index in [-0.39, 0.29) is 12.6 Å². The highest BCUT2D eigenvalue weighted by atomic mass is 32.2. The second-order valence-corrected chi connectivity index (χ2v) is 6.44. The van der Waals surface area contributed by atoms with Crippen molar-refractivity contribution in [2.75, 3.05) is 20.6 Å². The van der Waals surface area contributed by atoms with Gasteiger partial charge in [-0.3, -0.25) is 0 Å². The molecule has 0 saturated heterocycles. The molecule has 1 rings (SSSR count). The van der Waals surface area contributed by atoms with Crippen LogP contribution in [0, 0.1) is 11.6 Å². The molecule has 1 aromatic carbocycles. The molecule has 0 amide bonds. The summed E-state index contributed by atoms with van der Waals surface area (Å²) in [6.07, 6.45) is 0. The molecule has 0 bridgehead atoms.